The second kappa shape index (κ2) is 5.02. The van der Waals surface area contributed by atoms with E-state index in [0.717, 1.165) is 12.0 Å². The summed E-state index contributed by atoms with van der Waals surface area (Å²) in [6.07, 6.45) is 0.771. The molecule has 2 aromatic rings. The van der Waals surface area contributed by atoms with E-state index in [2.05, 4.69) is 0 Å². The van der Waals surface area contributed by atoms with Crippen LogP contribution in [-0.4, -0.2) is 14.5 Å². The van der Waals surface area contributed by atoms with Gasteiger partial charge in [0.15, 0.2) is 0 Å². The van der Waals surface area contributed by atoms with Crippen molar-refractivity contribution >= 4 is 26.9 Å². The quantitative estimate of drug-likeness (QED) is 0.861. The number of nitrogen functional groups attached to an aromatic ring is 1. The van der Waals surface area contributed by atoms with Gasteiger partial charge in [-0.2, -0.15) is 0 Å². The molecule has 5 heteroatoms. The molecule has 1 aliphatic heterocycles. The molecule has 0 bridgehead atoms. The summed E-state index contributed by atoms with van der Waals surface area (Å²) >= 11 is 0. The maximum atomic E-state index is 12.9. The molecule has 2 aromatic carbocycles. The SMILES string of the molecule is CCc1ccc2c(c1N)N(C(C)C)c1ccccc1S2(=O)=O. The fraction of sp³-hybridized carbons (Fsp3) is 0.294. The molecule has 0 radical (unpaired) electrons. The highest BCUT2D eigenvalue weighted by molar-refractivity contribution is 7.92. The Labute approximate surface area is 131 Å². The van der Waals surface area contributed by atoms with Crippen molar-refractivity contribution in [3.05, 3.63) is 42.0 Å². The van der Waals surface area contributed by atoms with Gasteiger partial charge in [0.25, 0.3) is 0 Å². The zero-order valence-corrected chi connectivity index (χ0v) is 13.8. The molecule has 0 saturated carbocycles. The number of anilines is 3. The highest BCUT2D eigenvalue weighted by atomic mass is 32.2. The Morgan fingerprint density at radius 1 is 1.09 bits per heavy atom. The molecular formula is C17H20N2O2S. The van der Waals surface area contributed by atoms with Crippen LogP contribution in [0.1, 0.15) is 26.3 Å². The number of benzene rings is 2. The largest absolute Gasteiger partial charge is 0.397 e. The minimum atomic E-state index is -3.54. The standard InChI is InChI=1S/C17H20N2O2S/c1-4-12-9-10-15-17(16(12)18)19(11(2)3)13-7-5-6-8-14(13)22(15,20)21/h5-11H,4,18H2,1-3H3. The summed E-state index contributed by atoms with van der Waals surface area (Å²) in [6.45, 7) is 6.09. The van der Waals surface area contributed by atoms with E-state index in [0.29, 0.717) is 26.9 Å². The van der Waals surface area contributed by atoms with Crippen LogP contribution in [0, 0.1) is 0 Å². The molecule has 116 valence electrons. The zero-order valence-electron chi connectivity index (χ0n) is 13.0. The Morgan fingerprint density at radius 2 is 1.77 bits per heavy atom. The second-order valence-corrected chi connectivity index (χ2v) is 7.66. The Hall–Kier alpha value is -2.01. The Balaban J connectivity index is 2.43. The van der Waals surface area contributed by atoms with E-state index in [-0.39, 0.29) is 6.04 Å². The van der Waals surface area contributed by atoms with E-state index < -0.39 is 9.84 Å². The van der Waals surface area contributed by atoms with Crippen molar-refractivity contribution in [1.29, 1.82) is 0 Å². The first-order valence-corrected chi connectivity index (χ1v) is 8.92. The average molecular weight is 316 g/mol. The molecule has 0 atom stereocenters. The number of hydrogen-bond acceptors (Lipinski definition) is 4. The molecule has 0 aliphatic carbocycles. The van der Waals surface area contributed by atoms with E-state index in [1.54, 1.807) is 18.2 Å². The number of rotatable bonds is 2. The first kappa shape index (κ1) is 14.9. The topological polar surface area (TPSA) is 63.4 Å². The summed E-state index contributed by atoms with van der Waals surface area (Å²) in [5, 5.41) is 0. The third-order valence-corrected chi connectivity index (χ3v) is 5.95. The minimum absolute atomic E-state index is 0.102. The molecule has 1 heterocycles. The molecule has 4 nitrogen and oxygen atoms in total. The van der Waals surface area contributed by atoms with Crippen LogP contribution >= 0.6 is 0 Å². The van der Waals surface area contributed by atoms with Gasteiger partial charge in [-0.3, -0.25) is 0 Å². The normalized spacial score (nSPS) is 15.5. The molecule has 0 spiro atoms. The molecular weight excluding hydrogens is 296 g/mol. The van der Waals surface area contributed by atoms with Crippen LogP contribution in [0.5, 0.6) is 0 Å². The smallest absolute Gasteiger partial charge is 0.210 e. The van der Waals surface area contributed by atoms with E-state index in [1.165, 1.54) is 0 Å². The molecule has 2 N–H and O–H groups in total. The summed E-state index contributed by atoms with van der Waals surface area (Å²) in [7, 11) is -3.54. The fourth-order valence-corrected chi connectivity index (χ4v) is 4.71. The van der Waals surface area contributed by atoms with Crippen molar-refractivity contribution in [2.75, 3.05) is 10.6 Å². The Kier molecular flexibility index (Phi) is 3.40. The molecule has 0 unspecified atom stereocenters. The van der Waals surface area contributed by atoms with Gasteiger partial charge >= 0.3 is 0 Å². The van der Waals surface area contributed by atoms with Crippen molar-refractivity contribution in [3.8, 4) is 0 Å². The van der Waals surface area contributed by atoms with Gasteiger partial charge in [-0.05, 0) is 44.0 Å². The Bertz CT molecular complexity index is 842. The highest BCUT2D eigenvalue weighted by Crippen LogP contribution is 2.48. The van der Waals surface area contributed by atoms with Gasteiger partial charge in [-0.1, -0.05) is 25.1 Å². The maximum Gasteiger partial charge on any atom is 0.210 e. The first-order chi connectivity index (χ1) is 10.4. The predicted octanol–water partition coefficient (Wildman–Crippen LogP) is 3.52. The summed E-state index contributed by atoms with van der Waals surface area (Å²) in [6, 6.07) is 10.7. The zero-order chi connectivity index (χ0) is 16.1. The number of hydrogen-bond donors (Lipinski definition) is 1. The fourth-order valence-electron chi connectivity index (χ4n) is 3.06. The first-order valence-electron chi connectivity index (χ1n) is 7.44. The van der Waals surface area contributed by atoms with E-state index in [1.807, 2.05) is 43.9 Å². The summed E-state index contributed by atoms with van der Waals surface area (Å²) in [4.78, 5) is 2.68. The number of nitrogens with two attached hydrogens (primary N) is 1. The third-order valence-electron chi connectivity index (χ3n) is 4.11. The summed E-state index contributed by atoms with van der Waals surface area (Å²) in [5.41, 5.74) is 9.17. The number of fused-ring (bicyclic) bond motifs is 2. The molecule has 0 amide bonds. The van der Waals surface area contributed by atoms with Gasteiger partial charge in [0.2, 0.25) is 9.84 Å². The lowest BCUT2D eigenvalue weighted by molar-refractivity contribution is 0.592. The van der Waals surface area contributed by atoms with Crippen molar-refractivity contribution in [2.45, 2.75) is 43.0 Å². The predicted molar refractivity (Wildman–Crippen MR) is 89.4 cm³/mol. The molecule has 0 fully saturated rings. The van der Waals surface area contributed by atoms with Gasteiger partial charge in [0.1, 0.15) is 0 Å². The van der Waals surface area contributed by atoms with Gasteiger partial charge in [0, 0.05) is 6.04 Å². The van der Waals surface area contributed by atoms with Crippen LogP contribution in [0.2, 0.25) is 0 Å². The molecule has 3 rings (SSSR count). The maximum absolute atomic E-state index is 12.9. The third kappa shape index (κ3) is 1.92. The number of sulfone groups is 1. The molecule has 22 heavy (non-hydrogen) atoms. The van der Waals surface area contributed by atoms with Gasteiger partial charge < -0.3 is 10.6 Å². The molecule has 0 saturated heterocycles. The van der Waals surface area contributed by atoms with E-state index >= 15 is 0 Å². The van der Waals surface area contributed by atoms with Crippen molar-refractivity contribution in [2.24, 2.45) is 0 Å². The van der Waals surface area contributed by atoms with Crippen LogP contribution in [0.15, 0.2) is 46.2 Å². The van der Waals surface area contributed by atoms with E-state index in [4.69, 9.17) is 5.73 Å². The summed E-state index contributed by atoms with van der Waals surface area (Å²) < 4.78 is 25.9. The van der Waals surface area contributed by atoms with Crippen molar-refractivity contribution in [3.63, 3.8) is 0 Å². The number of aryl methyl sites for hydroxylation is 1. The van der Waals surface area contributed by atoms with Crippen LogP contribution in [0.4, 0.5) is 17.1 Å². The highest BCUT2D eigenvalue weighted by Gasteiger charge is 2.36. The minimum Gasteiger partial charge on any atom is -0.397 e. The van der Waals surface area contributed by atoms with Crippen LogP contribution in [0.25, 0.3) is 0 Å². The Morgan fingerprint density at radius 3 is 2.41 bits per heavy atom. The average Bonchev–Trinajstić information content (AvgIpc) is 2.48. The van der Waals surface area contributed by atoms with Gasteiger partial charge in [-0.25, -0.2) is 8.42 Å². The van der Waals surface area contributed by atoms with Crippen molar-refractivity contribution in [1.82, 2.24) is 0 Å². The van der Waals surface area contributed by atoms with Gasteiger partial charge in [-0.15, -0.1) is 0 Å². The lowest BCUT2D eigenvalue weighted by Gasteiger charge is -2.37. The van der Waals surface area contributed by atoms with E-state index in [9.17, 15) is 8.42 Å². The molecule has 1 aliphatic rings. The monoisotopic (exact) mass is 316 g/mol. The van der Waals surface area contributed by atoms with Crippen LogP contribution in [-0.2, 0) is 16.3 Å². The molecule has 0 aromatic heterocycles. The number of para-hydroxylation sites is 1. The lowest BCUT2D eigenvalue weighted by atomic mass is 10.1. The summed E-state index contributed by atoms with van der Waals surface area (Å²) in [5.74, 6) is 0. The number of nitrogens with zero attached hydrogens (tertiary/aromatic N) is 1. The van der Waals surface area contributed by atoms with Crippen LogP contribution in [0.3, 0.4) is 0 Å². The second-order valence-electron chi connectivity index (χ2n) is 5.77. The van der Waals surface area contributed by atoms with Gasteiger partial charge in [0.05, 0.1) is 26.9 Å². The lowest BCUT2D eigenvalue weighted by Crippen LogP contribution is -2.32. The van der Waals surface area contributed by atoms with Crippen LogP contribution < -0.4 is 10.6 Å². The van der Waals surface area contributed by atoms with Crippen molar-refractivity contribution < 1.29 is 8.42 Å².